The molecule has 0 unspecified atom stereocenters. The fourth-order valence-electron chi connectivity index (χ4n) is 4.55. The van der Waals surface area contributed by atoms with Gasteiger partial charge in [-0.15, -0.1) is 0 Å². The summed E-state index contributed by atoms with van der Waals surface area (Å²) in [4.78, 5) is 51.8. The smallest absolute Gasteiger partial charge is 0.338 e. The molecule has 0 radical (unpaired) electrons. The number of imide groups is 1. The van der Waals surface area contributed by atoms with Crippen molar-refractivity contribution in [2.75, 3.05) is 16.8 Å². The summed E-state index contributed by atoms with van der Waals surface area (Å²) in [5, 5.41) is 3.14. The average Bonchev–Trinajstić information content (AvgIpc) is 3.04. The number of anilines is 2. The Balaban J connectivity index is 1.42. The van der Waals surface area contributed by atoms with E-state index in [1.54, 1.807) is 30.3 Å². The molecule has 0 spiro atoms. The maximum absolute atomic E-state index is 12.9. The molecule has 3 atom stereocenters. The van der Waals surface area contributed by atoms with E-state index in [2.05, 4.69) is 12.2 Å². The van der Waals surface area contributed by atoms with Crippen LogP contribution in [0.15, 0.2) is 42.5 Å². The Bertz CT molecular complexity index is 1130. The third-order valence-corrected chi connectivity index (χ3v) is 6.57. The number of fused-ring (bicyclic) bond motifs is 1. The molecule has 1 aliphatic carbocycles. The van der Waals surface area contributed by atoms with Crippen molar-refractivity contribution in [2.45, 2.75) is 33.1 Å². The molecule has 1 heterocycles. The zero-order chi connectivity index (χ0) is 23.7. The lowest BCUT2D eigenvalue weighted by Crippen LogP contribution is -2.31. The Morgan fingerprint density at radius 1 is 1.09 bits per heavy atom. The number of carbonyl (C=O) groups excluding carboxylic acids is 4. The molecule has 2 aromatic carbocycles. The van der Waals surface area contributed by atoms with Crippen molar-refractivity contribution < 1.29 is 23.9 Å². The van der Waals surface area contributed by atoms with Crippen molar-refractivity contribution in [1.82, 2.24) is 0 Å². The highest BCUT2D eigenvalue weighted by Gasteiger charge is 2.50. The molecule has 3 amide bonds. The molecule has 1 saturated heterocycles. The van der Waals surface area contributed by atoms with Gasteiger partial charge in [-0.1, -0.05) is 30.7 Å². The van der Waals surface area contributed by atoms with E-state index in [0.29, 0.717) is 35.2 Å². The summed E-state index contributed by atoms with van der Waals surface area (Å²) in [6.45, 7) is 3.43. The van der Waals surface area contributed by atoms with E-state index >= 15 is 0 Å². The highest BCUT2D eigenvalue weighted by Crippen LogP contribution is 2.42. The Morgan fingerprint density at radius 2 is 1.85 bits per heavy atom. The number of ether oxygens (including phenoxy) is 1. The lowest BCUT2D eigenvalue weighted by molar-refractivity contribution is -0.122. The monoisotopic (exact) mass is 468 g/mol. The van der Waals surface area contributed by atoms with Gasteiger partial charge in [-0.3, -0.25) is 19.3 Å². The van der Waals surface area contributed by atoms with Gasteiger partial charge >= 0.3 is 5.97 Å². The SMILES string of the molecule is Cc1ccc(Cl)cc1NC(=O)COC(=O)c1cccc(N2C(=O)[C@@H]3CC[C@@H](C)C[C@H]3C2=O)c1. The van der Waals surface area contributed by atoms with Gasteiger partial charge < -0.3 is 10.1 Å². The predicted octanol–water partition coefficient (Wildman–Crippen LogP) is 4.37. The van der Waals surface area contributed by atoms with Gasteiger partial charge in [0.2, 0.25) is 11.8 Å². The first-order valence-corrected chi connectivity index (χ1v) is 11.3. The summed E-state index contributed by atoms with van der Waals surface area (Å²) >= 11 is 5.96. The van der Waals surface area contributed by atoms with Crippen LogP contribution in [0.25, 0.3) is 0 Å². The van der Waals surface area contributed by atoms with E-state index in [1.165, 1.54) is 17.0 Å². The number of rotatable bonds is 5. The lowest BCUT2D eigenvalue weighted by atomic mass is 9.76. The van der Waals surface area contributed by atoms with Crippen LogP contribution in [-0.2, 0) is 19.1 Å². The number of amides is 3. The van der Waals surface area contributed by atoms with Crippen LogP contribution in [0.4, 0.5) is 11.4 Å². The van der Waals surface area contributed by atoms with Gasteiger partial charge in [0.25, 0.3) is 5.91 Å². The fraction of sp³-hybridized carbons (Fsp3) is 0.360. The molecule has 1 aliphatic heterocycles. The van der Waals surface area contributed by atoms with Crippen molar-refractivity contribution in [3.8, 4) is 0 Å². The molecule has 0 aromatic heterocycles. The highest BCUT2D eigenvalue weighted by molar-refractivity contribution is 6.31. The molecule has 1 N–H and O–H groups in total. The number of halogens is 1. The number of esters is 1. The molecule has 172 valence electrons. The maximum Gasteiger partial charge on any atom is 0.338 e. The fourth-order valence-corrected chi connectivity index (χ4v) is 4.72. The van der Waals surface area contributed by atoms with Gasteiger partial charge in [0.15, 0.2) is 6.61 Å². The molecule has 8 heteroatoms. The van der Waals surface area contributed by atoms with Gasteiger partial charge in [0, 0.05) is 10.7 Å². The topological polar surface area (TPSA) is 92.8 Å². The van der Waals surface area contributed by atoms with Crippen LogP contribution in [0.1, 0.15) is 42.1 Å². The first kappa shape index (κ1) is 23.0. The van der Waals surface area contributed by atoms with E-state index < -0.39 is 18.5 Å². The number of aryl methyl sites for hydroxylation is 1. The van der Waals surface area contributed by atoms with Crippen LogP contribution in [0, 0.1) is 24.7 Å². The van der Waals surface area contributed by atoms with E-state index in [0.717, 1.165) is 12.0 Å². The number of nitrogens with zero attached hydrogens (tertiary/aromatic N) is 1. The molecule has 2 fully saturated rings. The third-order valence-electron chi connectivity index (χ3n) is 6.34. The Hall–Kier alpha value is -3.19. The summed E-state index contributed by atoms with van der Waals surface area (Å²) in [6, 6.07) is 11.3. The molecule has 7 nitrogen and oxygen atoms in total. The highest BCUT2D eigenvalue weighted by atomic mass is 35.5. The average molecular weight is 469 g/mol. The minimum Gasteiger partial charge on any atom is -0.452 e. The number of benzene rings is 2. The zero-order valence-corrected chi connectivity index (χ0v) is 19.2. The van der Waals surface area contributed by atoms with E-state index in [1.807, 2.05) is 6.92 Å². The summed E-state index contributed by atoms with van der Waals surface area (Å²) in [7, 11) is 0. The minimum atomic E-state index is -0.722. The van der Waals surface area contributed by atoms with Crippen molar-refractivity contribution >= 4 is 46.7 Å². The first-order chi connectivity index (χ1) is 15.7. The quantitative estimate of drug-likeness (QED) is 0.519. The number of carbonyl (C=O) groups is 4. The lowest BCUT2D eigenvalue weighted by Gasteiger charge is -2.25. The van der Waals surface area contributed by atoms with Crippen LogP contribution in [0.3, 0.4) is 0 Å². The second-order valence-electron chi connectivity index (χ2n) is 8.78. The second kappa shape index (κ2) is 9.35. The predicted molar refractivity (Wildman–Crippen MR) is 124 cm³/mol. The Morgan fingerprint density at radius 3 is 2.64 bits per heavy atom. The van der Waals surface area contributed by atoms with Gasteiger partial charge in [0.1, 0.15) is 0 Å². The maximum atomic E-state index is 12.9. The molecule has 2 aromatic rings. The molecular weight excluding hydrogens is 444 g/mol. The van der Waals surface area contributed by atoms with E-state index in [4.69, 9.17) is 16.3 Å². The summed E-state index contributed by atoms with van der Waals surface area (Å²) in [5.74, 6) is -1.82. The molecule has 2 aliphatic rings. The van der Waals surface area contributed by atoms with Crippen molar-refractivity contribution in [1.29, 1.82) is 0 Å². The van der Waals surface area contributed by atoms with Gasteiger partial charge in [-0.2, -0.15) is 0 Å². The van der Waals surface area contributed by atoms with Crippen LogP contribution in [0.5, 0.6) is 0 Å². The van der Waals surface area contributed by atoms with Crippen molar-refractivity contribution in [3.63, 3.8) is 0 Å². The molecule has 1 saturated carbocycles. The normalized spacial score (nSPS) is 22.2. The summed E-state index contributed by atoms with van der Waals surface area (Å²) < 4.78 is 5.14. The Kier molecular flexibility index (Phi) is 6.51. The van der Waals surface area contributed by atoms with Crippen molar-refractivity contribution in [2.24, 2.45) is 17.8 Å². The number of hydrogen-bond acceptors (Lipinski definition) is 5. The molecule has 33 heavy (non-hydrogen) atoms. The van der Waals surface area contributed by atoms with Crippen molar-refractivity contribution in [3.05, 3.63) is 58.6 Å². The zero-order valence-electron chi connectivity index (χ0n) is 18.5. The first-order valence-electron chi connectivity index (χ1n) is 11.0. The van der Waals surface area contributed by atoms with E-state index in [-0.39, 0.29) is 29.2 Å². The third kappa shape index (κ3) is 4.78. The molecule has 0 bridgehead atoms. The van der Waals surface area contributed by atoms with Crippen LogP contribution in [-0.4, -0.2) is 30.3 Å². The number of nitrogens with one attached hydrogen (secondary N) is 1. The summed E-state index contributed by atoms with van der Waals surface area (Å²) in [6.07, 6.45) is 2.34. The van der Waals surface area contributed by atoms with Crippen LogP contribution < -0.4 is 10.2 Å². The number of hydrogen-bond donors (Lipinski definition) is 1. The standard InChI is InChI=1S/C25H25ClN2O5/c1-14-6-9-19-20(10-14)24(31)28(23(19)30)18-5-3-4-16(11-18)25(32)33-13-22(29)27-21-12-17(26)8-7-15(21)2/h3-5,7-8,11-12,14,19-20H,6,9-10,13H2,1-2H3,(H,27,29)/t14-,19-,20-/m1/s1. The summed E-state index contributed by atoms with van der Waals surface area (Å²) in [5.41, 5.74) is 1.86. The van der Waals surface area contributed by atoms with Gasteiger partial charge in [-0.05, 0) is 68.0 Å². The van der Waals surface area contributed by atoms with E-state index in [9.17, 15) is 19.2 Å². The van der Waals surface area contributed by atoms with Gasteiger partial charge in [0.05, 0.1) is 23.1 Å². The van der Waals surface area contributed by atoms with Crippen LogP contribution in [0.2, 0.25) is 5.02 Å². The minimum absolute atomic E-state index is 0.156. The van der Waals surface area contributed by atoms with Gasteiger partial charge in [-0.25, -0.2) is 4.79 Å². The largest absolute Gasteiger partial charge is 0.452 e. The molecular formula is C25H25ClN2O5. The Labute approximate surface area is 197 Å². The molecule has 4 rings (SSSR count). The van der Waals surface area contributed by atoms with Crippen LogP contribution >= 0.6 is 11.6 Å². The second-order valence-corrected chi connectivity index (χ2v) is 9.21.